The molecule has 0 aliphatic heterocycles. The van der Waals surface area contributed by atoms with Gasteiger partial charge in [0.1, 0.15) is 5.76 Å². The second-order valence-electron chi connectivity index (χ2n) is 4.97. The van der Waals surface area contributed by atoms with Crippen LogP contribution in [0.4, 0.5) is 0 Å². The molecule has 0 saturated heterocycles. The number of nitrogens with two attached hydrogens (primary N) is 1. The third kappa shape index (κ3) is 4.01. The molecule has 0 aromatic carbocycles. The first kappa shape index (κ1) is 16.2. The highest BCUT2D eigenvalue weighted by Crippen LogP contribution is 2.32. The highest BCUT2D eigenvalue weighted by molar-refractivity contribution is 8.00. The summed E-state index contributed by atoms with van der Waals surface area (Å²) in [7, 11) is 0. The molecule has 0 unspecified atom stereocenters. The molecule has 3 rings (SSSR count). The van der Waals surface area contributed by atoms with Gasteiger partial charge in [-0.15, -0.1) is 22.7 Å². The van der Waals surface area contributed by atoms with E-state index < -0.39 is 0 Å². The summed E-state index contributed by atoms with van der Waals surface area (Å²) in [6, 6.07) is 3.87. The molecule has 3 heterocycles. The van der Waals surface area contributed by atoms with Gasteiger partial charge < -0.3 is 10.2 Å². The minimum absolute atomic E-state index is 0.253. The Bertz CT molecular complexity index is 835. The van der Waals surface area contributed by atoms with Gasteiger partial charge in [-0.2, -0.15) is 0 Å². The molecular formula is C15H15N3O2S3. The number of primary amides is 1. The highest BCUT2D eigenvalue weighted by Gasteiger charge is 2.12. The van der Waals surface area contributed by atoms with E-state index >= 15 is 0 Å². The molecular weight excluding hydrogens is 350 g/mol. The van der Waals surface area contributed by atoms with Crippen LogP contribution in [0, 0.1) is 13.8 Å². The summed E-state index contributed by atoms with van der Waals surface area (Å²) in [5.74, 6) is 2.09. The quantitative estimate of drug-likeness (QED) is 0.672. The van der Waals surface area contributed by atoms with Crippen molar-refractivity contribution in [3.8, 4) is 10.8 Å². The first-order valence-electron chi connectivity index (χ1n) is 6.90. The van der Waals surface area contributed by atoms with Gasteiger partial charge in [-0.1, -0.05) is 11.8 Å². The van der Waals surface area contributed by atoms with Crippen molar-refractivity contribution < 1.29 is 9.21 Å². The molecule has 0 atom stereocenters. The molecule has 0 saturated carbocycles. The smallest absolute Gasteiger partial charge is 0.222 e. The zero-order valence-corrected chi connectivity index (χ0v) is 15.1. The first-order valence-corrected chi connectivity index (χ1v) is 9.58. The largest absolute Gasteiger partial charge is 0.459 e. The summed E-state index contributed by atoms with van der Waals surface area (Å²) < 4.78 is 6.52. The lowest BCUT2D eigenvalue weighted by molar-refractivity contribution is -0.117. The second kappa shape index (κ2) is 6.86. The molecule has 120 valence electrons. The fourth-order valence-corrected chi connectivity index (χ4v) is 4.98. The van der Waals surface area contributed by atoms with Gasteiger partial charge in [-0.3, -0.25) is 4.79 Å². The van der Waals surface area contributed by atoms with Gasteiger partial charge in [0.15, 0.2) is 15.1 Å². The van der Waals surface area contributed by atoms with Crippen LogP contribution in [-0.4, -0.2) is 15.9 Å². The summed E-state index contributed by atoms with van der Waals surface area (Å²) in [6.07, 6.45) is 0.253. The molecule has 0 aliphatic rings. The van der Waals surface area contributed by atoms with Crippen molar-refractivity contribution in [1.29, 1.82) is 0 Å². The van der Waals surface area contributed by atoms with Crippen LogP contribution >= 0.6 is 34.4 Å². The maximum Gasteiger partial charge on any atom is 0.222 e. The zero-order chi connectivity index (χ0) is 16.4. The maximum absolute atomic E-state index is 11.0. The second-order valence-corrected chi connectivity index (χ2v) is 8.14. The van der Waals surface area contributed by atoms with Crippen LogP contribution in [-0.2, 0) is 17.0 Å². The van der Waals surface area contributed by atoms with E-state index in [1.165, 1.54) is 11.3 Å². The van der Waals surface area contributed by atoms with Crippen LogP contribution < -0.4 is 5.73 Å². The van der Waals surface area contributed by atoms with Gasteiger partial charge in [-0.05, 0) is 26.0 Å². The number of thioether (sulfide) groups is 1. The number of aryl methyl sites for hydroxylation is 2. The maximum atomic E-state index is 11.0. The van der Waals surface area contributed by atoms with E-state index in [1.807, 2.05) is 31.4 Å². The van der Waals surface area contributed by atoms with E-state index in [-0.39, 0.29) is 12.3 Å². The number of thiazole rings is 2. The molecule has 3 aromatic rings. The van der Waals surface area contributed by atoms with Crippen molar-refractivity contribution in [1.82, 2.24) is 9.97 Å². The van der Waals surface area contributed by atoms with Crippen LogP contribution in [0.1, 0.15) is 22.0 Å². The lowest BCUT2D eigenvalue weighted by Crippen LogP contribution is -2.13. The predicted molar refractivity (Wildman–Crippen MR) is 93.9 cm³/mol. The number of nitrogens with zero attached hydrogens (tertiary/aromatic N) is 2. The normalized spacial score (nSPS) is 11.0. The fourth-order valence-electron chi connectivity index (χ4n) is 1.96. The Labute approximate surface area is 146 Å². The van der Waals surface area contributed by atoms with Gasteiger partial charge in [0, 0.05) is 16.0 Å². The number of carbonyl (C=O) groups is 1. The molecule has 0 aliphatic carbocycles. The topological polar surface area (TPSA) is 82.0 Å². The lowest BCUT2D eigenvalue weighted by Gasteiger charge is -1.93. The first-order chi connectivity index (χ1) is 11.0. The SMILES string of the molecule is Cc1ccc(-c2nc(CSc3nc(C)c(CC(N)=O)s3)cs2)o1. The molecule has 0 fully saturated rings. The lowest BCUT2D eigenvalue weighted by atomic mass is 10.3. The van der Waals surface area contributed by atoms with Gasteiger partial charge in [0.2, 0.25) is 5.91 Å². The van der Waals surface area contributed by atoms with Crippen molar-refractivity contribution in [3.63, 3.8) is 0 Å². The summed E-state index contributed by atoms with van der Waals surface area (Å²) in [4.78, 5) is 21.0. The van der Waals surface area contributed by atoms with Gasteiger partial charge in [-0.25, -0.2) is 9.97 Å². The number of hydrogen-bond donors (Lipinski definition) is 1. The van der Waals surface area contributed by atoms with Crippen molar-refractivity contribution in [2.45, 2.75) is 30.4 Å². The van der Waals surface area contributed by atoms with Crippen molar-refractivity contribution in [3.05, 3.63) is 39.5 Å². The fraction of sp³-hybridized carbons (Fsp3) is 0.267. The molecule has 3 aromatic heterocycles. The monoisotopic (exact) mass is 365 g/mol. The Morgan fingerprint density at radius 3 is 2.87 bits per heavy atom. The molecule has 2 N–H and O–H groups in total. The molecule has 1 amide bonds. The molecule has 0 bridgehead atoms. The number of aromatic nitrogens is 2. The van der Waals surface area contributed by atoms with E-state index in [2.05, 4.69) is 9.97 Å². The number of furan rings is 1. The van der Waals surface area contributed by atoms with E-state index in [1.54, 1.807) is 23.1 Å². The number of rotatable bonds is 6. The van der Waals surface area contributed by atoms with E-state index in [0.717, 1.165) is 42.9 Å². The number of hydrogen-bond acceptors (Lipinski definition) is 7. The number of carbonyl (C=O) groups excluding carboxylic acids is 1. The summed E-state index contributed by atoms with van der Waals surface area (Å²) in [5, 5.41) is 2.92. The van der Waals surface area contributed by atoms with Crippen LogP contribution in [0.5, 0.6) is 0 Å². The average molecular weight is 366 g/mol. The third-order valence-electron chi connectivity index (χ3n) is 3.05. The standard InChI is InChI=1S/C15H15N3O2S3/c1-8-3-4-11(20-8)14-18-10(6-21-14)7-22-15-17-9(2)12(23-15)5-13(16)19/h3-4,6H,5,7H2,1-2H3,(H2,16,19). The van der Waals surface area contributed by atoms with E-state index in [4.69, 9.17) is 10.2 Å². The zero-order valence-electron chi connectivity index (χ0n) is 12.7. The third-order valence-corrected chi connectivity index (χ3v) is 6.29. The Kier molecular flexibility index (Phi) is 4.84. The summed E-state index contributed by atoms with van der Waals surface area (Å²) >= 11 is 4.71. The Morgan fingerprint density at radius 2 is 2.17 bits per heavy atom. The molecule has 23 heavy (non-hydrogen) atoms. The van der Waals surface area contributed by atoms with Gasteiger partial charge in [0.05, 0.1) is 17.8 Å². The van der Waals surface area contributed by atoms with E-state index in [0.29, 0.717) is 0 Å². The van der Waals surface area contributed by atoms with Crippen LogP contribution in [0.15, 0.2) is 26.3 Å². The minimum atomic E-state index is -0.328. The van der Waals surface area contributed by atoms with E-state index in [9.17, 15) is 4.79 Å². The Hall–Kier alpha value is -1.64. The van der Waals surface area contributed by atoms with Crippen LogP contribution in [0.2, 0.25) is 0 Å². The highest BCUT2D eigenvalue weighted by atomic mass is 32.2. The molecule has 5 nitrogen and oxygen atoms in total. The molecule has 0 spiro atoms. The van der Waals surface area contributed by atoms with Crippen molar-refractivity contribution in [2.75, 3.05) is 0 Å². The van der Waals surface area contributed by atoms with Crippen LogP contribution in [0.25, 0.3) is 10.8 Å². The van der Waals surface area contributed by atoms with Crippen LogP contribution in [0.3, 0.4) is 0 Å². The Balaban J connectivity index is 1.65. The average Bonchev–Trinajstić information content (AvgIpc) is 3.18. The molecule has 8 heteroatoms. The van der Waals surface area contributed by atoms with Crippen molar-refractivity contribution >= 4 is 40.3 Å². The van der Waals surface area contributed by atoms with Crippen molar-refractivity contribution in [2.24, 2.45) is 5.73 Å². The summed E-state index contributed by atoms with van der Waals surface area (Å²) in [6.45, 7) is 3.82. The minimum Gasteiger partial charge on any atom is -0.459 e. The Morgan fingerprint density at radius 1 is 1.35 bits per heavy atom. The van der Waals surface area contributed by atoms with Gasteiger partial charge in [0.25, 0.3) is 0 Å². The van der Waals surface area contributed by atoms with Gasteiger partial charge >= 0.3 is 0 Å². The number of amides is 1. The predicted octanol–water partition coefficient (Wildman–Crippen LogP) is 3.80. The summed E-state index contributed by atoms with van der Waals surface area (Å²) in [5.41, 5.74) is 7.11. The molecule has 0 radical (unpaired) electrons.